The van der Waals surface area contributed by atoms with E-state index in [0.717, 1.165) is 49.7 Å². The Morgan fingerprint density at radius 1 is 1.03 bits per heavy atom. The van der Waals surface area contributed by atoms with Crippen molar-refractivity contribution < 1.29 is 9.53 Å². The third kappa shape index (κ3) is 5.55. The van der Waals surface area contributed by atoms with E-state index in [0.29, 0.717) is 6.54 Å². The van der Waals surface area contributed by atoms with Gasteiger partial charge in [-0.25, -0.2) is 4.68 Å². The number of hydrogen-bond donors (Lipinski definition) is 1. The smallest absolute Gasteiger partial charge is 0.234 e. The second-order valence-electron chi connectivity index (χ2n) is 8.21. The monoisotopic (exact) mass is 433 g/mol. The van der Waals surface area contributed by atoms with Crippen LogP contribution in [-0.4, -0.2) is 65.3 Å². The molecule has 1 aromatic heterocycles. The van der Waals surface area contributed by atoms with E-state index in [2.05, 4.69) is 38.5 Å². The lowest BCUT2D eigenvalue weighted by Crippen LogP contribution is -2.49. The maximum absolute atomic E-state index is 12.6. The summed E-state index contributed by atoms with van der Waals surface area (Å²) in [4.78, 5) is 17.2. The molecule has 3 aromatic rings. The summed E-state index contributed by atoms with van der Waals surface area (Å²) in [6.07, 6.45) is 4.03. The van der Waals surface area contributed by atoms with Gasteiger partial charge in [-0.2, -0.15) is 5.10 Å². The number of aromatic nitrogens is 2. The van der Waals surface area contributed by atoms with E-state index in [-0.39, 0.29) is 11.9 Å². The first kappa shape index (κ1) is 22.0. The van der Waals surface area contributed by atoms with E-state index in [9.17, 15) is 4.79 Å². The summed E-state index contributed by atoms with van der Waals surface area (Å²) in [5.74, 6) is 0.838. The van der Waals surface area contributed by atoms with Crippen LogP contribution >= 0.6 is 0 Å². The zero-order valence-corrected chi connectivity index (χ0v) is 18.8. The second kappa shape index (κ2) is 10.4. The van der Waals surface area contributed by atoms with Crippen LogP contribution in [0.15, 0.2) is 67.0 Å². The minimum atomic E-state index is -0.0962. The quantitative estimate of drug-likeness (QED) is 0.592. The minimum Gasteiger partial charge on any atom is -0.496 e. The molecule has 1 N–H and O–H groups in total. The number of rotatable bonds is 8. The van der Waals surface area contributed by atoms with Crippen LogP contribution in [0.25, 0.3) is 5.69 Å². The van der Waals surface area contributed by atoms with Crippen molar-refractivity contribution in [3.05, 3.63) is 78.1 Å². The third-order valence-electron chi connectivity index (χ3n) is 5.88. The van der Waals surface area contributed by atoms with Gasteiger partial charge in [-0.1, -0.05) is 36.4 Å². The number of carbonyl (C=O) groups excluding carboxylic acids is 1. The number of carbonyl (C=O) groups is 1. The number of nitrogens with zero attached hydrogens (tertiary/aromatic N) is 4. The topological polar surface area (TPSA) is 62.6 Å². The molecule has 1 unspecified atom stereocenters. The predicted molar refractivity (Wildman–Crippen MR) is 125 cm³/mol. The molecular formula is C25H31N5O2. The Bertz CT molecular complexity index is 1010. The first-order valence-electron chi connectivity index (χ1n) is 11.1. The van der Waals surface area contributed by atoms with Gasteiger partial charge in [0.2, 0.25) is 5.91 Å². The molecule has 168 valence electrons. The van der Waals surface area contributed by atoms with Crippen molar-refractivity contribution in [2.45, 2.75) is 19.5 Å². The summed E-state index contributed by atoms with van der Waals surface area (Å²) < 4.78 is 7.33. The Morgan fingerprint density at radius 2 is 1.72 bits per heavy atom. The van der Waals surface area contributed by atoms with Crippen molar-refractivity contribution >= 4 is 5.91 Å². The largest absolute Gasteiger partial charge is 0.496 e. The fourth-order valence-corrected chi connectivity index (χ4v) is 4.12. The molecular weight excluding hydrogens is 402 g/mol. The summed E-state index contributed by atoms with van der Waals surface area (Å²) in [7, 11) is 1.65. The van der Waals surface area contributed by atoms with Crippen LogP contribution in [0.5, 0.6) is 5.75 Å². The Hall–Kier alpha value is -3.16. The molecule has 32 heavy (non-hydrogen) atoms. The lowest BCUT2D eigenvalue weighted by molar-refractivity contribution is -0.123. The van der Waals surface area contributed by atoms with Crippen molar-refractivity contribution in [2.75, 3.05) is 39.8 Å². The molecule has 2 aromatic carbocycles. The molecule has 0 spiro atoms. The van der Waals surface area contributed by atoms with Gasteiger partial charge in [0.25, 0.3) is 0 Å². The third-order valence-corrected chi connectivity index (χ3v) is 5.88. The van der Waals surface area contributed by atoms with Gasteiger partial charge in [-0.15, -0.1) is 0 Å². The van der Waals surface area contributed by atoms with Crippen LogP contribution in [0, 0.1) is 0 Å². The minimum absolute atomic E-state index is 0.0426. The predicted octanol–water partition coefficient (Wildman–Crippen LogP) is 2.88. The molecule has 0 bridgehead atoms. The Labute approximate surface area is 189 Å². The summed E-state index contributed by atoms with van der Waals surface area (Å²) in [5.41, 5.74) is 3.26. The van der Waals surface area contributed by atoms with Gasteiger partial charge in [0.05, 0.1) is 31.6 Å². The average molecular weight is 434 g/mol. The highest BCUT2D eigenvalue weighted by atomic mass is 16.5. The summed E-state index contributed by atoms with van der Waals surface area (Å²) in [6, 6.07) is 17.8. The molecule has 1 saturated heterocycles. The van der Waals surface area contributed by atoms with Crippen LogP contribution in [0.3, 0.4) is 0 Å². The molecule has 7 nitrogen and oxygen atoms in total. The summed E-state index contributed by atoms with van der Waals surface area (Å²) in [6.45, 7) is 6.91. The number of amides is 1. The van der Waals surface area contributed by atoms with Gasteiger partial charge >= 0.3 is 0 Å². The first-order chi connectivity index (χ1) is 15.6. The van der Waals surface area contributed by atoms with Crippen LogP contribution in [-0.2, 0) is 11.3 Å². The number of piperazine rings is 1. The molecule has 1 fully saturated rings. The van der Waals surface area contributed by atoms with Crippen molar-refractivity contribution in [3.63, 3.8) is 0 Å². The molecule has 4 rings (SSSR count). The Morgan fingerprint density at radius 3 is 2.47 bits per heavy atom. The SMILES string of the molecule is COc1ccccc1C(C)NC(=O)CN1CCN(Cc2cnn(-c3ccccc3)c2)CC1. The maximum Gasteiger partial charge on any atom is 0.234 e. The standard InChI is InChI=1S/C25H31N5O2/c1-20(23-10-6-7-11-24(23)32-2)27-25(31)19-29-14-12-28(13-15-29)17-21-16-26-30(18-21)22-8-4-3-5-9-22/h3-11,16,18,20H,12-15,17,19H2,1-2H3,(H,27,31). The molecule has 1 atom stereocenters. The van der Waals surface area contributed by atoms with Gasteiger partial charge < -0.3 is 10.1 Å². The first-order valence-corrected chi connectivity index (χ1v) is 11.1. The molecule has 1 amide bonds. The van der Waals surface area contributed by atoms with Crippen molar-refractivity contribution in [1.29, 1.82) is 0 Å². The van der Waals surface area contributed by atoms with E-state index in [1.807, 2.05) is 60.3 Å². The van der Waals surface area contributed by atoms with E-state index < -0.39 is 0 Å². The molecule has 1 aliphatic heterocycles. The van der Waals surface area contributed by atoms with Gasteiger partial charge in [-0.05, 0) is 25.1 Å². The van der Waals surface area contributed by atoms with Crippen molar-refractivity contribution in [1.82, 2.24) is 24.9 Å². The van der Waals surface area contributed by atoms with E-state index in [1.54, 1.807) is 7.11 Å². The highest BCUT2D eigenvalue weighted by Crippen LogP contribution is 2.24. The van der Waals surface area contributed by atoms with Crippen LogP contribution in [0.4, 0.5) is 0 Å². The number of benzene rings is 2. The van der Waals surface area contributed by atoms with E-state index in [1.165, 1.54) is 5.56 Å². The van der Waals surface area contributed by atoms with E-state index in [4.69, 9.17) is 4.74 Å². The molecule has 7 heteroatoms. The zero-order chi connectivity index (χ0) is 22.3. The Balaban J connectivity index is 1.23. The van der Waals surface area contributed by atoms with Gasteiger partial charge in [0.15, 0.2) is 0 Å². The van der Waals surface area contributed by atoms with Crippen LogP contribution in [0.1, 0.15) is 24.1 Å². The number of methoxy groups -OCH3 is 1. The fourth-order valence-electron chi connectivity index (χ4n) is 4.12. The maximum atomic E-state index is 12.6. The molecule has 0 aliphatic carbocycles. The number of para-hydroxylation sites is 2. The normalized spacial score (nSPS) is 15.9. The van der Waals surface area contributed by atoms with Crippen LogP contribution < -0.4 is 10.1 Å². The average Bonchev–Trinajstić information content (AvgIpc) is 3.29. The van der Waals surface area contributed by atoms with E-state index >= 15 is 0 Å². The molecule has 1 aliphatic rings. The molecule has 0 radical (unpaired) electrons. The highest BCUT2D eigenvalue weighted by molar-refractivity contribution is 5.78. The number of ether oxygens (including phenoxy) is 1. The fraction of sp³-hybridized carbons (Fsp3) is 0.360. The molecule has 2 heterocycles. The number of hydrogen-bond acceptors (Lipinski definition) is 5. The van der Waals surface area contributed by atoms with Crippen LogP contribution in [0.2, 0.25) is 0 Å². The highest BCUT2D eigenvalue weighted by Gasteiger charge is 2.21. The van der Waals surface area contributed by atoms with Gasteiger partial charge in [0, 0.05) is 50.0 Å². The molecule has 0 saturated carbocycles. The zero-order valence-electron chi connectivity index (χ0n) is 18.8. The number of nitrogens with one attached hydrogen (secondary N) is 1. The summed E-state index contributed by atoms with van der Waals surface area (Å²) in [5, 5.41) is 7.59. The Kier molecular flexibility index (Phi) is 7.19. The second-order valence-corrected chi connectivity index (χ2v) is 8.21. The lowest BCUT2D eigenvalue weighted by Gasteiger charge is -2.34. The van der Waals surface area contributed by atoms with Crippen molar-refractivity contribution in [2.24, 2.45) is 0 Å². The van der Waals surface area contributed by atoms with Gasteiger partial charge in [-0.3, -0.25) is 14.6 Å². The lowest BCUT2D eigenvalue weighted by atomic mass is 10.1. The summed E-state index contributed by atoms with van der Waals surface area (Å²) >= 11 is 0. The van der Waals surface area contributed by atoms with Crippen molar-refractivity contribution in [3.8, 4) is 11.4 Å². The van der Waals surface area contributed by atoms with Gasteiger partial charge in [0.1, 0.15) is 5.75 Å².